The summed E-state index contributed by atoms with van der Waals surface area (Å²) >= 11 is 6.11. The quantitative estimate of drug-likeness (QED) is 0.434. The van der Waals surface area contributed by atoms with Crippen LogP contribution in [0, 0.1) is 5.41 Å². The normalized spacial score (nSPS) is 11.6. The van der Waals surface area contributed by atoms with Gasteiger partial charge in [-0.3, -0.25) is 5.41 Å². The molecule has 0 amide bonds. The van der Waals surface area contributed by atoms with Gasteiger partial charge in [-0.1, -0.05) is 23.7 Å². The first-order valence-electron chi connectivity index (χ1n) is 8.11. The van der Waals surface area contributed by atoms with Crippen molar-refractivity contribution in [2.24, 2.45) is 0 Å². The number of nitrogen functional groups attached to an aromatic ring is 1. The number of carboxylic acid groups (broad SMARTS) is 1. The Bertz CT molecular complexity index is 1070. The Balaban J connectivity index is 2.10. The second kappa shape index (κ2) is 6.55. The lowest BCUT2D eigenvalue weighted by Gasteiger charge is -2.23. The summed E-state index contributed by atoms with van der Waals surface area (Å²) in [6.07, 6.45) is 1.34. The number of benzene rings is 1. The Morgan fingerprint density at radius 3 is 2.67 bits per heavy atom. The van der Waals surface area contributed by atoms with E-state index in [9.17, 15) is 9.90 Å². The van der Waals surface area contributed by atoms with E-state index in [4.69, 9.17) is 22.7 Å². The van der Waals surface area contributed by atoms with E-state index < -0.39 is 5.97 Å². The predicted molar refractivity (Wildman–Crippen MR) is 106 cm³/mol. The molecule has 0 unspecified atom stereocenters. The summed E-state index contributed by atoms with van der Waals surface area (Å²) in [5.41, 5.74) is 7.17. The number of aromatic amines is 1. The first-order valence-corrected chi connectivity index (χ1v) is 8.48. The van der Waals surface area contributed by atoms with Crippen molar-refractivity contribution in [3.63, 3.8) is 0 Å². The molecule has 0 radical (unpaired) electrons. The van der Waals surface area contributed by atoms with E-state index in [2.05, 4.69) is 20.3 Å². The smallest absolute Gasteiger partial charge is 0.353 e. The number of H-pyrrole nitrogens is 1. The molecule has 0 bridgehead atoms. The zero-order chi connectivity index (χ0) is 19.9. The number of carbonyl (C=O) groups is 1. The number of fused-ring (bicyclic) bond motifs is 1. The van der Waals surface area contributed by atoms with Gasteiger partial charge in [0.2, 0.25) is 0 Å². The van der Waals surface area contributed by atoms with E-state index in [1.807, 2.05) is 20.8 Å². The number of hydrogen-bond donors (Lipinski definition) is 5. The Hall–Kier alpha value is -3.13. The van der Waals surface area contributed by atoms with Gasteiger partial charge in [0.1, 0.15) is 23.7 Å². The average Bonchev–Trinajstić information content (AvgIpc) is 2.90. The van der Waals surface area contributed by atoms with Crippen LogP contribution < -0.4 is 11.1 Å². The summed E-state index contributed by atoms with van der Waals surface area (Å²) in [4.78, 5) is 22.3. The van der Waals surface area contributed by atoms with Crippen LogP contribution in [0.1, 0.15) is 42.4 Å². The Morgan fingerprint density at radius 2 is 2.04 bits per heavy atom. The highest BCUT2D eigenvalue weighted by Crippen LogP contribution is 2.30. The monoisotopic (exact) mass is 386 g/mol. The molecular formula is C18H19ClN6O2. The summed E-state index contributed by atoms with van der Waals surface area (Å²) in [5, 5.41) is 21.7. The molecule has 0 aliphatic carbocycles. The molecule has 0 spiro atoms. The van der Waals surface area contributed by atoms with E-state index in [-0.39, 0.29) is 27.8 Å². The molecule has 6 N–H and O–H groups in total. The Morgan fingerprint density at radius 1 is 1.33 bits per heavy atom. The van der Waals surface area contributed by atoms with Crippen LogP contribution in [0.3, 0.4) is 0 Å². The van der Waals surface area contributed by atoms with Crippen LogP contribution in [0.2, 0.25) is 5.02 Å². The van der Waals surface area contributed by atoms with E-state index in [1.165, 1.54) is 6.33 Å². The minimum Gasteiger partial charge on any atom is -0.477 e. The Labute approximate surface area is 160 Å². The molecule has 0 aliphatic rings. The number of nitrogens with one attached hydrogen (secondary N) is 3. The fourth-order valence-corrected chi connectivity index (χ4v) is 3.00. The zero-order valence-electron chi connectivity index (χ0n) is 15.0. The van der Waals surface area contributed by atoms with Gasteiger partial charge in [-0.2, -0.15) is 0 Å². The van der Waals surface area contributed by atoms with Crippen LogP contribution in [0.4, 0.5) is 11.6 Å². The van der Waals surface area contributed by atoms with Gasteiger partial charge < -0.3 is 21.1 Å². The van der Waals surface area contributed by atoms with Crippen molar-refractivity contribution >= 4 is 45.8 Å². The van der Waals surface area contributed by atoms with Crippen molar-refractivity contribution < 1.29 is 9.90 Å². The third-order valence-corrected chi connectivity index (χ3v) is 4.25. The van der Waals surface area contributed by atoms with Crippen LogP contribution in [0.25, 0.3) is 10.9 Å². The molecular weight excluding hydrogens is 368 g/mol. The average molecular weight is 387 g/mol. The van der Waals surface area contributed by atoms with Crippen molar-refractivity contribution in [3.8, 4) is 0 Å². The first kappa shape index (κ1) is 18.7. The SMILES string of the molecule is CC(C)(C)Nc1ncnc(N)c1C(=N)c1ccc2c(Cl)c(C(=O)O)[nH]c2c1. The third-order valence-electron chi connectivity index (χ3n) is 3.86. The number of anilines is 2. The van der Waals surface area contributed by atoms with Gasteiger partial charge in [0.05, 0.1) is 16.3 Å². The molecule has 8 nitrogen and oxygen atoms in total. The number of aromatic nitrogens is 3. The second-order valence-corrected chi connectivity index (χ2v) is 7.49. The van der Waals surface area contributed by atoms with Crippen molar-refractivity contribution in [3.05, 3.63) is 46.4 Å². The molecule has 27 heavy (non-hydrogen) atoms. The minimum absolute atomic E-state index is 0.0898. The summed E-state index contributed by atoms with van der Waals surface area (Å²) in [5.74, 6) is -0.515. The maximum atomic E-state index is 11.3. The zero-order valence-corrected chi connectivity index (χ0v) is 15.8. The fraction of sp³-hybridized carbons (Fsp3) is 0.222. The van der Waals surface area contributed by atoms with Gasteiger partial charge in [0.25, 0.3) is 0 Å². The highest BCUT2D eigenvalue weighted by molar-refractivity contribution is 6.38. The van der Waals surface area contributed by atoms with E-state index in [1.54, 1.807) is 18.2 Å². The third kappa shape index (κ3) is 3.56. The number of carboxylic acids is 1. The topological polar surface area (TPSA) is 141 Å². The molecule has 0 fully saturated rings. The van der Waals surface area contributed by atoms with Crippen LogP contribution in [-0.2, 0) is 0 Å². The lowest BCUT2D eigenvalue weighted by Crippen LogP contribution is -2.28. The predicted octanol–water partition coefficient (Wildman–Crippen LogP) is 3.52. The largest absolute Gasteiger partial charge is 0.477 e. The molecule has 1 aromatic carbocycles. The lowest BCUT2D eigenvalue weighted by atomic mass is 10.0. The van der Waals surface area contributed by atoms with Crippen molar-refractivity contribution in [2.45, 2.75) is 26.3 Å². The molecule has 2 heterocycles. The number of hydrogen-bond acceptors (Lipinski definition) is 6. The van der Waals surface area contributed by atoms with Crippen molar-refractivity contribution in [1.29, 1.82) is 5.41 Å². The molecule has 3 rings (SSSR count). The molecule has 3 aromatic rings. The Kier molecular flexibility index (Phi) is 4.52. The second-order valence-electron chi connectivity index (χ2n) is 7.11. The highest BCUT2D eigenvalue weighted by Gasteiger charge is 2.21. The standard InChI is InChI=1S/C18H19ClN6O2/c1-18(2,3)25-16-11(15(21)22-7-23-16)13(20)8-4-5-9-10(6-8)24-14(12(9)19)17(26)27/h4-7,20,24H,1-3H3,(H,26,27)(H3,21,22,23,25). The number of rotatable bonds is 4. The van der Waals surface area contributed by atoms with Crippen LogP contribution in [0.5, 0.6) is 0 Å². The summed E-state index contributed by atoms with van der Waals surface area (Å²) in [6, 6.07) is 5.01. The number of aromatic carboxylic acids is 1. The van der Waals surface area contributed by atoms with Crippen LogP contribution >= 0.6 is 11.6 Å². The van der Waals surface area contributed by atoms with Gasteiger partial charge in [-0.05, 0) is 26.8 Å². The molecule has 9 heteroatoms. The maximum absolute atomic E-state index is 11.3. The van der Waals surface area contributed by atoms with Gasteiger partial charge in [-0.15, -0.1) is 0 Å². The summed E-state index contributed by atoms with van der Waals surface area (Å²) in [7, 11) is 0. The van der Waals surface area contributed by atoms with E-state index >= 15 is 0 Å². The van der Waals surface area contributed by atoms with Gasteiger partial charge in [0.15, 0.2) is 0 Å². The van der Waals surface area contributed by atoms with Crippen LogP contribution in [-0.4, -0.2) is 37.3 Å². The number of halogens is 1. The number of nitrogens with two attached hydrogens (primary N) is 1. The highest BCUT2D eigenvalue weighted by atomic mass is 35.5. The van der Waals surface area contributed by atoms with Gasteiger partial charge in [0, 0.05) is 22.0 Å². The molecule has 140 valence electrons. The van der Waals surface area contributed by atoms with Crippen molar-refractivity contribution in [2.75, 3.05) is 11.1 Å². The summed E-state index contributed by atoms with van der Waals surface area (Å²) < 4.78 is 0. The molecule has 2 aromatic heterocycles. The van der Waals surface area contributed by atoms with E-state index in [0.29, 0.717) is 27.8 Å². The lowest BCUT2D eigenvalue weighted by molar-refractivity contribution is 0.0691. The van der Waals surface area contributed by atoms with E-state index in [0.717, 1.165) is 0 Å². The molecule has 0 atom stereocenters. The first-order chi connectivity index (χ1) is 12.6. The maximum Gasteiger partial charge on any atom is 0.353 e. The molecule has 0 saturated heterocycles. The van der Waals surface area contributed by atoms with Crippen molar-refractivity contribution in [1.82, 2.24) is 15.0 Å². The van der Waals surface area contributed by atoms with Crippen LogP contribution in [0.15, 0.2) is 24.5 Å². The molecule has 0 aliphatic heterocycles. The summed E-state index contributed by atoms with van der Waals surface area (Å²) in [6.45, 7) is 5.91. The molecule has 0 saturated carbocycles. The van der Waals surface area contributed by atoms with Gasteiger partial charge >= 0.3 is 5.97 Å². The number of nitrogens with zero attached hydrogens (tertiary/aromatic N) is 2. The minimum atomic E-state index is -1.15. The fourth-order valence-electron chi connectivity index (χ4n) is 2.71. The van der Waals surface area contributed by atoms with Gasteiger partial charge in [-0.25, -0.2) is 14.8 Å².